The number of para-hydroxylation sites is 2. The third-order valence-electron chi connectivity index (χ3n) is 6.45. The largest absolute Gasteiger partial charge is 0.495 e. The highest BCUT2D eigenvalue weighted by Gasteiger charge is 2.30. The number of fused-ring (bicyclic) bond motifs is 1. The standard InChI is InChI=1S/C25H31N5O2/c1-29(13-14-31)19-9-10-21-20(15-19)25(28-24(27-21)17-7-8-17)30-12-11-18(16-30)26-22-5-3-4-6-23(22)32-2/h3-6,9-10,15,17-18,26,31H,7-8,11-14,16H2,1-2H3/t18-/m1/s1. The van der Waals surface area contributed by atoms with Gasteiger partial charge < -0.3 is 25.0 Å². The number of hydrogen-bond acceptors (Lipinski definition) is 7. The summed E-state index contributed by atoms with van der Waals surface area (Å²) in [5.74, 6) is 3.37. The third kappa shape index (κ3) is 4.17. The second-order valence-corrected chi connectivity index (χ2v) is 8.80. The summed E-state index contributed by atoms with van der Waals surface area (Å²) in [5, 5.41) is 14.1. The Bertz CT molecular complexity index is 1100. The minimum atomic E-state index is 0.126. The summed E-state index contributed by atoms with van der Waals surface area (Å²) in [6.45, 7) is 2.54. The van der Waals surface area contributed by atoms with E-state index < -0.39 is 0 Å². The van der Waals surface area contributed by atoms with Crippen LogP contribution in [0.25, 0.3) is 10.9 Å². The van der Waals surface area contributed by atoms with Crippen LogP contribution in [0, 0.1) is 0 Å². The van der Waals surface area contributed by atoms with Gasteiger partial charge in [0.05, 0.1) is 24.9 Å². The van der Waals surface area contributed by atoms with Crippen molar-refractivity contribution >= 4 is 28.1 Å². The molecule has 7 nitrogen and oxygen atoms in total. The molecule has 168 valence electrons. The Kier molecular flexibility index (Phi) is 5.74. The molecule has 32 heavy (non-hydrogen) atoms. The first-order valence-corrected chi connectivity index (χ1v) is 11.4. The number of anilines is 3. The number of nitrogens with zero attached hydrogens (tertiary/aromatic N) is 4. The van der Waals surface area contributed by atoms with Crippen LogP contribution in [0.15, 0.2) is 42.5 Å². The van der Waals surface area contributed by atoms with Gasteiger partial charge in [0.15, 0.2) is 0 Å². The van der Waals surface area contributed by atoms with Crippen LogP contribution >= 0.6 is 0 Å². The summed E-state index contributed by atoms with van der Waals surface area (Å²) < 4.78 is 5.51. The van der Waals surface area contributed by atoms with E-state index in [1.54, 1.807) is 7.11 Å². The number of hydrogen-bond donors (Lipinski definition) is 2. The number of benzene rings is 2. The molecular weight excluding hydrogens is 402 g/mol. The summed E-state index contributed by atoms with van der Waals surface area (Å²) in [6, 6.07) is 14.7. The third-order valence-corrected chi connectivity index (χ3v) is 6.45. The predicted molar refractivity (Wildman–Crippen MR) is 129 cm³/mol. The molecule has 0 unspecified atom stereocenters. The predicted octanol–water partition coefficient (Wildman–Crippen LogP) is 3.64. The normalized spacial score (nSPS) is 18.2. The zero-order valence-electron chi connectivity index (χ0n) is 18.8. The van der Waals surface area contributed by atoms with E-state index >= 15 is 0 Å². The van der Waals surface area contributed by atoms with E-state index in [2.05, 4.69) is 39.4 Å². The Morgan fingerprint density at radius 2 is 2.00 bits per heavy atom. The number of rotatable bonds is 8. The maximum absolute atomic E-state index is 9.34. The van der Waals surface area contributed by atoms with Crippen LogP contribution in [0.5, 0.6) is 5.75 Å². The fourth-order valence-electron chi connectivity index (χ4n) is 4.45. The molecular formula is C25H31N5O2. The maximum atomic E-state index is 9.34. The van der Waals surface area contributed by atoms with Crippen LogP contribution in [-0.4, -0.2) is 61.5 Å². The second-order valence-electron chi connectivity index (χ2n) is 8.80. The number of aromatic nitrogens is 2. The molecule has 1 saturated heterocycles. The second kappa shape index (κ2) is 8.82. The number of methoxy groups -OCH3 is 1. The van der Waals surface area contributed by atoms with Gasteiger partial charge in [0.25, 0.3) is 0 Å². The van der Waals surface area contributed by atoms with E-state index in [1.807, 2.05) is 25.2 Å². The van der Waals surface area contributed by atoms with Gasteiger partial charge in [-0.25, -0.2) is 9.97 Å². The number of ether oxygens (including phenoxy) is 1. The summed E-state index contributed by atoms with van der Waals surface area (Å²) in [4.78, 5) is 14.4. The Hall–Kier alpha value is -3.06. The van der Waals surface area contributed by atoms with Gasteiger partial charge in [0, 0.05) is 49.7 Å². The zero-order chi connectivity index (χ0) is 22.1. The highest BCUT2D eigenvalue weighted by molar-refractivity contribution is 5.92. The molecule has 2 heterocycles. The van der Waals surface area contributed by atoms with Gasteiger partial charge >= 0.3 is 0 Å². The molecule has 3 aromatic rings. The monoisotopic (exact) mass is 433 g/mol. The first-order valence-electron chi connectivity index (χ1n) is 11.4. The SMILES string of the molecule is COc1ccccc1N[C@@H]1CCN(c2nc(C3CC3)nc3ccc(N(C)CCO)cc23)C1. The first-order chi connectivity index (χ1) is 15.7. The molecule has 2 fully saturated rings. The van der Waals surface area contributed by atoms with Gasteiger partial charge in [-0.2, -0.15) is 0 Å². The molecule has 0 spiro atoms. The molecule has 1 atom stereocenters. The Balaban J connectivity index is 1.45. The van der Waals surface area contributed by atoms with Crippen LogP contribution in [0.3, 0.4) is 0 Å². The van der Waals surface area contributed by atoms with E-state index in [9.17, 15) is 5.11 Å². The summed E-state index contributed by atoms with van der Waals surface area (Å²) in [5.41, 5.74) is 3.10. The maximum Gasteiger partial charge on any atom is 0.141 e. The molecule has 0 amide bonds. The Labute approximate surface area is 189 Å². The highest BCUT2D eigenvalue weighted by atomic mass is 16.5. The van der Waals surface area contributed by atoms with Gasteiger partial charge in [0.2, 0.25) is 0 Å². The topological polar surface area (TPSA) is 73.8 Å². The lowest BCUT2D eigenvalue weighted by Gasteiger charge is -2.23. The smallest absolute Gasteiger partial charge is 0.141 e. The lowest BCUT2D eigenvalue weighted by molar-refractivity contribution is 0.304. The van der Waals surface area contributed by atoms with Crippen LogP contribution in [0.1, 0.15) is 31.0 Å². The minimum Gasteiger partial charge on any atom is -0.495 e. The molecule has 1 aliphatic heterocycles. The van der Waals surface area contributed by atoms with Crippen LogP contribution in [0.2, 0.25) is 0 Å². The van der Waals surface area contributed by atoms with E-state index in [-0.39, 0.29) is 6.61 Å². The van der Waals surface area contributed by atoms with Crippen molar-refractivity contribution in [1.29, 1.82) is 0 Å². The Morgan fingerprint density at radius 1 is 1.16 bits per heavy atom. The molecule has 2 N–H and O–H groups in total. The van der Waals surface area contributed by atoms with Gasteiger partial charge in [-0.05, 0) is 49.6 Å². The van der Waals surface area contributed by atoms with Crippen molar-refractivity contribution in [3.8, 4) is 5.75 Å². The number of nitrogens with one attached hydrogen (secondary N) is 1. The molecule has 7 heteroatoms. The fraction of sp³-hybridized carbons (Fsp3) is 0.440. The summed E-state index contributed by atoms with van der Waals surface area (Å²) in [7, 11) is 3.71. The Morgan fingerprint density at radius 3 is 2.78 bits per heavy atom. The first kappa shape index (κ1) is 20.8. The zero-order valence-corrected chi connectivity index (χ0v) is 18.8. The molecule has 1 aromatic heterocycles. The van der Waals surface area contributed by atoms with Crippen LogP contribution in [0.4, 0.5) is 17.2 Å². The molecule has 0 bridgehead atoms. The minimum absolute atomic E-state index is 0.126. The average molecular weight is 434 g/mol. The summed E-state index contributed by atoms with van der Waals surface area (Å²) >= 11 is 0. The lowest BCUT2D eigenvalue weighted by atomic mass is 10.1. The van der Waals surface area contributed by atoms with Crippen molar-refractivity contribution in [3.63, 3.8) is 0 Å². The molecule has 5 rings (SSSR count). The van der Waals surface area contributed by atoms with Crippen LogP contribution < -0.4 is 19.9 Å². The van der Waals surface area contributed by atoms with Crippen molar-refractivity contribution < 1.29 is 9.84 Å². The lowest BCUT2D eigenvalue weighted by Crippen LogP contribution is -2.27. The van der Waals surface area contributed by atoms with Crippen molar-refractivity contribution in [2.24, 2.45) is 0 Å². The molecule has 1 aliphatic carbocycles. The number of likely N-dealkylation sites (N-methyl/N-ethyl adjacent to an activating group) is 1. The fourth-order valence-corrected chi connectivity index (χ4v) is 4.45. The van der Waals surface area contributed by atoms with Crippen molar-refractivity contribution in [3.05, 3.63) is 48.3 Å². The van der Waals surface area contributed by atoms with Crippen molar-refractivity contribution in [2.45, 2.75) is 31.2 Å². The number of aliphatic hydroxyl groups is 1. The summed E-state index contributed by atoms with van der Waals surface area (Å²) in [6.07, 6.45) is 3.40. The van der Waals surface area contributed by atoms with Crippen molar-refractivity contribution in [2.75, 3.05) is 55.5 Å². The number of aliphatic hydroxyl groups excluding tert-OH is 1. The van der Waals surface area contributed by atoms with Gasteiger partial charge in [0.1, 0.15) is 17.4 Å². The average Bonchev–Trinajstić information content (AvgIpc) is 3.57. The van der Waals surface area contributed by atoms with E-state index in [0.29, 0.717) is 18.5 Å². The molecule has 0 radical (unpaired) electrons. The quantitative estimate of drug-likeness (QED) is 0.562. The highest BCUT2D eigenvalue weighted by Crippen LogP contribution is 2.41. The van der Waals surface area contributed by atoms with E-state index in [0.717, 1.165) is 59.2 Å². The molecule has 2 aliphatic rings. The van der Waals surface area contributed by atoms with Gasteiger partial charge in [-0.1, -0.05) is 12.1 Å². The van der Waals surface area contributed by atoms with Crippen LogP contribution in [-0.2, 0) is 0 Å². The molecule has 1 saturated carbocycles. The van der Waals surface area contributed by atoms with Crippen molar-refractivity contribution in [1.82, 2.24) is 9.97 Å². The van der Waals surface area contributed by atoms with Gasteiger partial charge in [-0.3, -0.25) is 0 Å². The molecule has 2 aromatic carbocycles. The van der Waals surface area contributed by atoms with E-state index in [1.165, 1.54) is 12.8 Å². The van der Waals surface area contributed by atoms with Gasteiger partial charge in [-0.15, -0.1) is 0 Å². The van der Waals surface area contributed by atoms with E-state index in [4.69, 9.17) is 14.7 Å².